The SMILES string of the molecule is CC/C=C/CCOc1cccc2oc(=O)c(OC(C)=O)c(OC/C=C(\C)CCC=C(C)C)c12. The summed E-state index contributed by atoms with van der Waals surface area (Å²) < 4.78 is 22.5. The molecule has 0 bridgehead atoms. The molecule has 178 valence electrons. The molecule has 0 saturated heterocycles. The number of carbonyl (C=O) groups excluding carboxylic acids is 1. The molecule has 0 aliphatic rings. The highest BCUT2D eigenvalue weighted by Gasteiger charge is 2.22. The summed E-state index contributed by atoms with van der Waals surface area (Å²) in [5, 5.41) is 0.461. The van der Waals surface area contributed by atoms with Crippen molar-refractivity contribution in [3.8, 4) is 17.2 Å². The third kappa shape index (κ3) is 8.29. The number of rotatable bonds is 12. The maximum absolute atomic E-state index is 12.5. The number of fused-ring (bicyclic) bond motifs is 1. The Balaban J connectivity index is 2.38. The van der Waals surface area contributed by atoms with Crippen molar-refractivity contribution in [2.24, 2.45) is 0 Å². The van der Waals surface area contributed by atoms with Crippen LogP contribution in [0.25, 0.3) is 11.0 Å². The summed E-state index contributed by atoms with van der Waals surface area (Å²) in [5.74, 6) is -0.270. The lowest BCUT2D eigenvalue weighted by Crippen LogP contribution is -2.14. The topological polar surface area (TPSA) is 75.0 Å². The van der Waals surface area contributed by atoms with Gasteiger partial charge in [0, 0.05) is 6.92 Å². The Bertz CT molecular complexity index is 1080. The minimum atomic E-state index is -0.778. The molecule has 1 aromatic heterocycles. The Hall–Kier alpha value is -3.28. The summed E-state index contributed by atoms with van der Waals surface area (Å²) in [6, 6.07) is 5.17. The first kappa shape index (κ1) is 26.0. The van der Waals surface area contributed by atoms with E-state index < -0.39 is 11.6 Å². The summed E-state index contributed by atoms with van der Waals surface area (Å²) in [4.78, 5) is 24.2. The van der Waals surface area contributed by atoms with Crippen LogP contribution in [0.3, 0.4) is 0 Å². The molecule has 33 heavy (non-hydrogen) atoms. The van der Waals surface area contributed by atoms with E-state index in [4.69, 9.17) is 18.6 Å². The molecular weight excluding hydrogens is 420 g/mol. The number of hydrogen-bond acceptors (Lipinski definition) is 6. The van der Waals surface area contributed by atoms with Crippen molar-refractivity contribution in [1.82, 2.24) is 0 Å². The predicted octanol–water partition coefficient (Wildman–Crippen LogP) is 6.52. The van der Waals surface area contributed by atoms with Crippen molar-refractivity contribution in [1.29, 1.82) is 0 Å². The maximum Gasteiger partial charge on any atom is 0.383 e. The molecule has 0 atom stereocenters. The van der Waals surface area contributed by atoms with Gasteiger partial charge < -0.3 is 18.6 Å². The second-order valence-corrected chi connectivity index (χ2v) is 7.97. The second kappa shape index (κ2) is 13.3. The van der Waals surface area contributed by atoms with Gasteiger partial charge in [-0.25, -0.2) is 4.79 Å². The quantitative estimate of drug-likeness (QED) is 0.157. The van der Waals surface area contributed by atoms with Crippen molar-refractivity contribution in [2.45, 2.75) is 60.3 Å². The third-order valence-corrected chi connectivity index (χ3v) is 4.75. The molecule has 0 N–H and O–H groups in total. The Labute approximate surface area is 195 Å². The average Bonchev–Trinajstić information content (AvgIpc) is 2.75. The van der Waals surface area contributed by atoms with Gasteiger partial charge in [-0.3, -0.25) is 4.79 Å². The number of ether oxygens (including phenoxy) is 3. The predicted molar refractivity (Wildman–Crippen MR) is 131 cm³/mol. The number of esters is 1. The molecule has 6 heteroatoms. The van der Waals surface area contributed by atoms with Gasteiger partial charge in [-0.1, -0.05) is 42.4 Å². The van der Waals surface area contributed by atoms with Crippen LogP contribution in [0.5, 0.6) is 17.2 Å². The van der Waals surface area contributed by atoms with Crippen LogP contribution in [0.15, 0.2) is 62.9 Å². The smallest absolute Gasteiger partial charge is 0.383 e. The third-order valence-electron chi connectivity index (χ3n) is 4.75. The first-order valence-corrected chi connectivity index (χ1v) is 11.3. The summed E-state index contributed by atoms with van der Waals surface area (Å²) >= 11 is 0. The maximum atomic E-state index is 12.5. The van der Waals surface area contributed by atoms with Crippen molar-refractivity contribution in [3.63, 3.8) is 0 Å². The standard InChI is InChI=1S/C27H34O6/c1-6-7-8-9-17-30-22-14-11-15-23-24(22)25(26(27(29)33-23)32-21(5)28)31-18-16-20(4)13-10-12-19(2)3/h7-8,11-12,14-16H,6,9-10,13,17-18H2,1-5H3/b8-7+,20-16+. The van der Waals surface area contributed by atoms with Crippen LogP contribution in [-0.4, -0.2) is 19.2 Å². The molecule has 2 rings (SSSR count). The van der Waals surface area contributed by atoms with E-state index in [1.165, 1.54) is 12.5 Å². The Kier molecular flexibility index (Phi) is 10.5. The van der Waals surface area contributed by atoms with Gasteiger partial charge in [0.15, 0.2) is 5.75 Å². The fraction of sp³-hybridized carbons (Fsp3) is 0.407. The number of benzene rings is 1. The first-order chi connectivity index (χ1) is 15.8. The van der Waals surface area contributed by atoms with E-state index in [-0.39, 0.29) is 18.1 Å². The molecule has 0 spiro atoms. The fourth-order valence-electron chi connectivity index (χ4n) is 3.14. The molecule has 2 aromatic rings. The van der Waals surface area contributed by atoms with Gasteiger partial charge in [0.1, 0.15) is 23.3 Å². The van der Waals surface area contributed by atoms with E-state index >= 15 is 0 Å². The molecule has 0 aliphatic carbocycles. The number of hydrogen-bond donors (Lipinski definition) is 0. The minimum Gasteiger partial charge on any atom is -0.492 e. The van der Waals surface area contributed by atoms with Gasteiger partial charge in [0.05, 0.1) is 6.61 Å². The Morgan fingerprint density at radius 2 is 1.79 bits per heavy atom. The van der Waals surface area contributed by atoms with Crippen molar-refractivity contribution >= 4 is 16.9 Å². The first-order valence-electron chi connectivity index (χ1n) is 11.3. The molecule has 0 fully saturated rings. The fourth-order valence-corrected chi connectivity index (χ4v) is 3.14. The highest BCUT2D eigenvalue weighted by Crippen LogP contribution is 2.39. The van der Waals surface area contributed by atoms with Crippen molar-refractivity contribution < 1.29 is 23.4 Å². The second-order valence-electron chi connectivity index (χ2n) is 7.97. The lowest BCUT2D eigenvalue weighted by Gasteiger charge is -2.14. The zero-order chi connectivity index (χ0) is 24.2. The zero-order valence-corrected chi connectivity index (χ0v) is 20.2. The summed E-state index contributed by atoms with van der Waals surface area (Å²) in [6.45, 7) is 10.1. The van der Waals surface area contributed by atoms with E-state index in [1.54, 1.807) is 18.2 Å². The van der Waals surface area contributed by atoms with Gasteiger partial charge in [-0.2, -0.15) is 0 Å². The molecule has 0 saturated carbocycles. The van der Waals surface area contributed by atoms with Crippen molar-refractivity contribution in [2.75, 3.05) is 13.2 Å². The van der Waals surface area contributed by atoms with Gasteiger partial charge >= 0.3 is 11.6 Å². The summed E-state index contributed by atoms with van der Waals surface area (Å²) in [7, 11) is 0. The molecule has 1 heterocycles. The minimum absolute atomic E-state index is 0.143. The number of carbonyl (C=O) groups is 1. The van der Waals surface area contributed by atoms with E-state index in [0.717, 1.165) is 31.3 Å². The van der Waals surface area contributed by atoms with Gasteiger partial charge in [0.25, 0.3) is 5.75 Å². The van der Waals surface area contributed by atoms with Crippen molar-refractivity contribution in [3.05, 3.63) is 64.1 Å². The number of allylic oxidation sites excluding steroid dienone is 4. The molecule has 0 aliphatic heterocycles. The molecule has 0 radical (unpaired) electrons. The largest absolute Gasteiger partial charge is 0.492 e. The van der Waals surface area contributed by atoms with Crippen LogP contribution in [0.1, 0.15) is 60.3 Å². The van der Waals surface area contributed by atoms with Crippen LogP contribution >= 0.6 is 0 Å². The molecular formula is C27H34O6. The van der Waals surface area contributed by atoms with E-state index in [1.807, 2.05) is 13.0 Å². The lowest BCUT2D eigenvalue weighted by atomic mass is 10.1. The van der Waals surface area contributed by atoms with Gasteiger partial charge in [0.2, 0.25) is 0 Å². The monoisotopic (exact) mass is 454 g/mol. The van der Waals surface area contributed by atoms with Gasteiger partial charge in [-0.15, -0.1) is 0 Å². The Morgan fingerprint density at radius 3 is 2.48 bits per heavy atom. The van der Waals surface area contributed by atoms with Crippen LogP contribution in [0, 0.1) is 0 Å². The van der Waals surface area contributed by atoms with E-state index in [9.17, 15) is 9.59 Å². The highest BCUT2D eigenvalue weighted by atomic mass is 16.6. The van der Waals surface area contributed by atoms with E-state index in [2.05, 4.69) is 39.0 Å². The van der Waals surface area contributed by atoms with Gasteiger partial charge in [-0.05, 0) is 64.7 Å². The molecule has 0 amide bonds. The van der Waals surface area contributed by atoms with Crippen LogP contribution in [0.4, 0.5) is 0 Å². The van der Waals surface area contributed by atoms with Crippen LogP contribution < -0.4 is 19.8 Å². The summed E-state index contributed by atoms with van der Waals surface area (Å²) in [5.41, 5.74) is 1.97. The average molecular weight is 455 g/mol. The highest BCUT2D eigenvalue weighted by molar-refractivity contribution is 5.92. The van der Waals surface area contributed by atoms with Crippen LogP contribution in [-0.2, 0) is 4.79 Å². The van der Waals surface area contributed by atoms with E-state index in [0.29, 0.717) is 23.3 Å². The summed E-state index contributed by atoms with van der Waals surface area (Å²) in [6.07, 6.45) is 11.8. The molecule has 1 aromatic carbocycles. The zero-order valence-electron chi connectivity index (χ0n) is 20.2. The molecule has 0 unspecified atom stereocenters. The lowest BCUT2D eigenvalue weighted by molar-refractivity contribution is -0.132. The Morgan fingerprint density at radius 1 is 1.00 bits per heavy atom. The van der Waals surface area contributed by atoms with Crippen LogP contribution in [0.2, 0.25) is 0 Å². The normalized spacial score (nSPS) is 11.6. The molecule has 6 nitrogen and oxygen atoms in total.